The topological polar surface area (TPSA) is 47.6 Å². The summed E-state index contributed by atoms with van der Waals surface area (Å²) in [4.78, 5) is 11.7. The fourth-order valence-corrected chi connectivity index (χ4v) is 2.33. The van der Waals surface area contributed by atoms with Gasteiger partial charge in [-0.3, -0.25) is 4.79 Å². The Labute approximate surface area is 141 Å². The summed E-state index contributed by atoms with van der Waals surface area (Å²) in [6.07, 6.45) is 0.738. The van der Waals surface area contributed by atoms with Crippen LogP contribution in [-0.2, 0) is 22.6 Å². The number of amides is 1. The molecule has 122 valence electrons. The monoisotopic (exact) mass is 333 g/mol. The second kappa shape index (κ2) is 9.18. The first-order valence-electron chi connectivity index (χ1n) is 7.39. The first-order valence-corrected chi connectivity index (χ1v) is 7.77. The van der Waals surface area contributed by atoms with Crippen LogP contribution in [0.1, 0.15) is 11.1 Å². The molecule has 1 amide bonds. The number of methoxy groups -OCH3 is 1. The number of hydrogen-bond donors (Lipinski definition) is 1. The molecule has 2 rings (SSSR count). The van der Waals surface area contributed by atoms with E-state index in [0.717, 1.165) is 23.3 Å². The van der Waals surface area contributed by atoms with Gasteiger partial charge in [0.2, 0.25) is 5.91 Å². The number of carbonyl (C=O) groups is 1. The van der Waals surface area contributed by atoms with Crippen LogP contribution in [0.4, 0.5) is 0 Å². The highest BCUT2D eigenvalue weighted by atomic mass is 35.5. The summed E-state index contributed by atoms with van der Waals surface area (Å²) < 4.78 is 10.6. The Hall–Kier alpha value is -2.04. The number of benzene rings is 2. The average Bonchev–Trinajstić information content (AvgIpc) is 2.55. The fourth-order valence-electron chi connectivity index (χ4n) is 2.11. The van der Waals surface area contributed by atoms with Crippen LogP contribution in [0.5, 0.6) is 5.75 Å². The Bertz CT molecular complexity index is 646. The summed E-state index contributed by atoms with van der Waals surface area (Å²) in [5.41, 5.74) is 2.06. The first-order chi connectivity index (χ1) is 11.2. The molecule has 5 heteroatoms. The zero-order valence-electron chi connectivity index (χ0n) is 13.0. The first kappa shape index (κ1) is 17.3. The Balaban J connectivity index is 1.65. The number of hydrogen-bond acceptors (Lipinski definition) is 3. The van der Waals surface area contributed by atoms with Crippen molar-refractivity contribution < 1.29 is 14.3 Å². The third-order valence-corrected chi connectivity index (χ3v) is 3.50. The van der Waals surface area contributed by atoms with E-state index in [1.165, 1.54) is 0 Å². The van der Waals surface area contributed by atoms with Crippen molar-refractivity contribution in [3.8, 4) is 5.75 Å². The molecular formula is C18H20ClNO3. The van der Waals surface area contributed by atoms with Gasteiger partial charge in [0, 0.05) is 11.6 Å². The highest BCUT2D eigenvalue weighted by Crippen LogP contribution is 2.13. The SMILES string of the molecule is COc1cccc(COCC(=O)NCCc2cccc(Cl)c2)c1. The number of halogens is 1. The van der Waals surface area contributed by atoms with E-state index in [1.54, 1.807) is 7.11 Å². The van der Waals surface area contributed by atoms with Gasteiger partial charge >= 0.3 is 0 Å². The molecule has 0 unspecified atom stereocenters. The molecule has 23 heavy (non-hydrogen) atoms. The van der Waals surface area contributed by atoms with Gasteiger partial charge in [-0.05, 0) is 41.8 Å². The summed E-state index contributed by atoms with van der Waals surface area (Å²) in [7, 11) is 1.62. The van der Waals surface area contributed by atoms with Gasteiger partial charge < -0.3 is 14.8 Å². The summed E-state index contributed by atoms with van der Waals surface area (Å²) in [5, 5.41) is 3.53. The highest BCUT2D eigenvalue weighted by Gasteiger charge is 2.03. The third kappa shape index (κ3) is 6.30. The molecule has 0 atom stereocenters. The molecule has 0 bridgehead atoms. The maximum Gasteiger partial charge on any atom is 0.246 e. The van der Waals surface area contributed by atoms with Crippen LogP contribution >= 0.6 is 11.6 Å². The van der Waals surface area contributed by atoms with Crippen molar-refractivity contribution in [2.45, 2.75) is 13.0 Å². The smallest absolute Gasteiger partial charge is 0.246 e. The van der Waals surface area contributed by atoms with Gasteiger partial charge in [-0.15, -0.1) is 0 Å². The molecule has 2 aromatic rings. The Kier molecular flexibility index (Phi) is 6.91. The van der Waals surface area contributed by atoms with Crippen molar-refractivity contribution in [1.82, 2.24) is 5.32 Å². The maximum atomic E-state index is 11.7. The second-order valence-electron chi connectivity index (χ2n) is 5.07. The quantitative estimate of drug-likeness (QED) is 0.807. The third-order valence-electron chi connectivity index (χ3n) is 3.26. The Morgan fingerprint density at radius 2 is 1.91 bits per heavy atom. The van der Waals surface area contributed by atoms with Gasteiger partial charge in [0.25, 0.3) is 0 Å². The van der Waals surface area contributed by atoms with Crippen molar-refractivity contribution in [3.05, 3.63) is 64.7 Å². The normalized spacial score (nSPS) is 10.3. The summed E-state index contributed by atoms with van der Waals surface area (Å²) >= 11 is 5.92. The molecule has 0 heterocycles. The minimum atomic E-state index is -0.130. The van der Waals surface area contributed by atoms with E-state index in [1.807, 2.05) is 48.5 Å². The van der Waals surface area contributed by atoms with Gasteiger partial charge in [0.05, 0.1) is 13.7 Å². The minimum Gasteiger partial charge on any atom is -0.497 e. The highest BCUT2D eigenvalue weighted by molar-refractivity contribution is 6.30. The molecule has 0 radical (unpaired) electrons. The van der Waals surface area contributed by atoms with Gasteiger partial charge in [-0.2, -0.15) is 0 Å². The number of ether oxygens (including phenoxy) is 2. The molecule has 0 aliphatic carbocycles. The average molecular weight is 334 g/mol. The van der Waals surface area contributed by atoms with E-state index >= 15 is 0 Å². The van der Waals surface area contributed by atoms with Crippen LogP contribution in [-0.4, -0.2) is 26.2 Å². The molecule has 0 spiro atoms. The number of rotatable bonds is 8. The van der Waals surface area contributed by atoms with E-state index in [4.69, 9.17) is 21.1 Å². The molecule has 2 aromatic carbocycles. The van der Waals surface area contributed by atoms with E-state index in [0.29, 0.717) is 18.2 Å². The van der Waals surface area contributed by atoms with Crippen molar-refractivity contribution in [2.75, 3.05) is 20.3 Å². The lowest BCUT2D eigenvalue weighted by atomic mass is 10.1. The second-order valence-corrected chi connectivity index (χ2v) is 5.51. The molecule has 0 aromatic heterocycles. The fraction of sp³-hybridized carbons (Fsp3) is 0.278. The minimum absolute atomic E-state index is 0.0345. The predicted octanol–water partition coefficient (Wildman–Crippen LogP) is 3.22. The van der Waals surface area contributed by atoms with Crippen molar-refractivity contribution >= 4 is 17.5 Å². The molecule has 1 N–H and O–H groups in total. The van der Waals surface area contributed by atoms with Crippen LogP contribution in [0.3, 0.4) is 0 Å². The Morgan fingerprint density at radius 1 is 1.13 bits per heavy atom. The van der Waals surface area contributed by atoms with Crippen LogP contribution < -0.4 is 10.1 Å². The Morgan fingerprint density at radius 3 is 2.70 bits per heavy atom. The predicted molar refractivity (Wildman–Crippen MR) is 90.8 cm³/mol. The number of nitrogens with one attached hydrogen (secondary N) is 1. The molecular weight excluding hydrogens is 314 g/mol. The van der Waals surface area contributed by atoms with Crippen molar-refractivity contribution in [3.63, 3.8) is 0 Å². The molecule has 4 nitrogen and oxygen atoms in total. The summed E-state index contributed by atoms with van der Waals surface area (Å²) in [6.45, 7) is 0.966. The lowest BCUT2D eigenvalue weighted by Crippen LogP contribution is -2.29. The summed E-state index contributed by atoms with van der Waals surface area (Å²) in [6, 6.07) is 15.2. The van der Waals surface area contributed by atoms with Crippen molar-refractivity contribution in [2.24, 2.45) is 0 Å². The molecule has 0 saturated carbocycles. The van der Waals surface area contributed by atoms with Crippen LogP contribution in [0.25, 0.3) is 0 Å². The largest absolute Gasteiger partial charge is 0.497 e. The molecule has 0 aliphatic heterocycles. The molecule has 0 fully saturated rings. The lowest BCUT2D eigenvalue weighted by Gasteiger charge is -2.08. The maximum absolute atomic E-state index is 11.7. The molecule has 0 saturated heterocycles. The van der Waals surface area contributed by atoms with Gasteiger partial charge in [0.1, 0.15) is 12.4 Å². The molecule has 0 aliphatic rings. The van der Waals surface area contributed by atoms with Crippen LogP contribution in [0, 0.1) is 0 Å². The van der Waals surface area contributed by atoms with Gasteiger partial charge in [0.15, 0.2) is 0 Å². The lowest BCUT2D eigenvalue weighted by molar-refractivity contribution is -0.126. The van der Waals surface area contributed by atoms with Crippen LogP contribution in [0.2, 0.25) is 5.02 Å². The zero-order valence-corrected chi connectivity index (χ0v) is 13.8. The summed E-state index contributed by atoms with van der Waals surface area (Å²) in [5.74, 6) is 0.645. The van der Waals surface area contributed by atoms with Crippen molar-refractivity contribution in [1.29, 1.82) is 0 Å². The zero-order chi connectivity index (χ0) is 16.5. The van der Waals surface area contributed by atoms with E-state index < -0.39 is 0 Å². The van der Waals surface area contributed by atoms with E-state index in [2.05, 4.69) is 5.32 Å². The van der Waals surface area contributed by atoms with Gasteiger partial charge in [-0.1, -0.05) is 35.9 Å². The van der Waals surface area contributed by atoms with Crippen LogP contribution in [0.15, 0.2) is 48.5 Å². The van der Waals surface area contributed by atoms with Gasteiger partial charge in [-0.25, -0.2) is 0 Å². The standard InChI is InChI=1S/C18H20ClNO3/c1-22-17-7-3-5-15(11-17)12-23-13-18(21)20-9-8-14-4-2-6-16(19)10-14/h2-7,10-11H,8-9,12-13H2,1H3,(H,20,21). The van der Waals surface area contributed by atoms with E-state index in [9.17, 15) is 4.79 Å². The number of carbonyl (C=O) groups excluding carboxylic acids is 1. The van der Waals surface area contributed by atoms with E-state index in [-0.39, 0.29) is 12.5 Å².